The number of rotatable bonds is 7. The molecule has 0 aromatic carbocycles. The quantitative estimate of drug-likeness (QED) is 0.390. The molecule has 0 bridgehead atoms. The smallest absolute Gasteiger partial charge is 0.000125 e. The molecule has 0 rings (SSSR count). The highest BCUT2D eigenvalue weighted by molar-refractivity contribution is 5.18. The lowest BCUT2D eigenvalue weighted by atomic mass is 9.88. The van der Waals surface area contributed by atoms with Crippen LogP contribution in [0, 0.1) is 11.8 Å². The Morgan fingerprint density at radius 2 is 1.88 bits per heavy atom. The third kappa shape index (κ3) is 6.31. The molecular weight excluding hydrogens is 204 g/mol. The minimum atomic E-state index is 0.602. The fraction of sp³-hybridized carbons (Fsp3) is 0.529. The second kappa shape index (κ2) is 9.04. The molecule has 0 amide bonds. The minimum Gasteiger partial charge on any atom is -0.0991 e. The van der Waals surface area contributed by atoms with E-state index in [4.69, 9.17) is 0 Å². The Kier molecular flexibility index (Phi) is 8.49. The van der Waals surface area contributed by atoms with Crippen molar-refractivity contribution >= 4 is 0 Å². The van der Waals surface area contributed by atoms with Crippen LogP contribution >= 0.6 is 0 Å². The Balaban J connectivity index is 4.59. The van der Waals surface area contributed by atoms with Gasteiger partial charge < -0.3 is 0 Å². The van der Waals surface area contributed by atoms with E-state index in [1.807, 2.05) is 12.2 Å². The molecule has 0 N–H and O–H groups in total. The highest BCUT2D eigenvalue weighted by atomic mass is 14.2. The van der Waals surface area contributed by atoms with Crippen LogP contribution in [0.15, 0.2) is 48.1 Å². The zero-order chi connectivity index (χ0) is 13.3. The summed E-state index contributed by atoms with van der Waals surface area (Å²) in [4.78, 5) is 0. The normalized spacial score (nSPS) is 17.2. The van der Waals surface area contributed by atoms with Crippen LogP contribution in [0.1, 0.15) is 47.5 Å². The molecule has 0 heteroatoms. The van der Waals surface area contributed by atoms with Crippen LogP contribution < -0.4 is 0 Å². The van der Waals surface area contributed by atoms with Gasteiger partial charge in [-0.3, -0.25) is 0 Å². The van der Waals surface area contributed by atoms with Crippen molar-refractivity contribution in [1.29, 1.82) is 0 Å². The van der Waals surface area contributed by atoms with Gasteiger partial charge in [-0.2, -0.15) is 0 Å². The van der Waals surface area contributed by atoms with Crippen molar-refractivity contribution in [2.75, 3.05) is 0 Å². The van der Waals surface area contributed by atoms with Gasteiger partial charge in [0.05, 0.1) is 0 Å². The third-order valence-electron chi connectivity index (χ3n) is 3.29. The zero-order valence-electron chi connectivity index (χ0n) is 12.2. The fourth-order valence-corrected chi connectivity index (χ4v) is 2.23. The molecule has 0 spiro atoms. The Morgan fingerprint density at radius 1 is 1.24 bits per heavy atom. The number of hydrogen-bond acceptors (Lipinski definition) is 0. The van der Waals surface area contributed by atoms with E-state index in [2.05, 4.69) is 59.4 Å². The summed E-state index contributed by atoms with van der Waals surface area (Å²) in [5.74, 6) is 1.22. The van der Waals surface area contributed by atoms with Gasteiger partial charge in [-0.05, 0) is 45.4 Å². The standard InChI is InChI=1S/C17H28/c1-7-10-11-12-14(4)13-16(6)17(9-3)15(5)8-2/h7-8,10-11,13-14,17H,1,9,12H2,2-6H3. The lowest BCUT2D eigenvalue weighted by Crippen LogP contribution is -2.04. The van der Waals surface area contributed by atoms with Gasteiger partial charge in [0.15, 0.2) is 0 Å². The number of allylic oxidation sites excluding steroid dienone is 7. The molecular formula is C17H28. The van der Waals surface area contributed by atoms with Crippen LogP contribution in [0.4, 0.5) is 0 Å². The molecule has 0 aromatic rings. The van der Waals surface area contributed by atoms with Crippen molar-refractivity contribution in [3.8, 4) is 0 Å². The van der Waals surface area contributed by atoms with Gasteiger partial charge in [-0.25, -0.2) is 0 Å². The maximum atomic E-state index is 3.68. The highest BCUT2D eigenvalue weighted by Gasteiger charge is 2.10. The van der Waals surface area contributed by atoms with Crippen molar-refractivity contribution < 1.29 is 0 Å². The monoisotopic (exact) mass is 232 g/mol. The summed E-state index contributed by atoms with van der Waals surface area (Å²) in [7, 11) is 0. The van der Waals surface area contributed by atoms with E-state index < -0.39 is 0 Å². The van der Waals surface area contributed by atoms with Crippen molar-refractivity contribution in [2.24, 2.45) is 11.8 Å². The summed E-state index contributed by atoms with van der Waals surface area (Å²) in [5.41, 5.74) is 2.98. The van der Waals surface area contributed by atoms with Crippen LogP contribution in [0.3, 0.4) is 0 Å². The second-order valence-electron chi connectivity index (χ2n) is 4.78. The lowest BCUT2D eigenvalue weighted by molar-refractivity contribution is 0.655. The predicted octanol–water partition coefficient (Wildman–Crippen LogP) is 5.69. The average Bonchev–Trinajstić information content (AvgIpc) is 2.29. The molecule has 2 atom stereocenters. The zero-order valence-corrected chi connectivity index (χ0v) is 12.2. The van der Waals surface area contributed by atoms with Gasteiger partial charge in [0, 0.05) is 0 Å². The van der Waals surface area contributed by atoms with Gasteiger partial charge in [0.25, 0.3) is 0 Å². The summed E-state index contributed by atoms with van der Waals surface area (Å²) in [6, 6.07) is 0. The minimum absolute atomic E-state index is 0.602. The topological polar surface area (TPSA) is 0 Å². The van der Waals surface area contributed by atoms with E-state index in [0.717, 1.165) is 6.42 Å². The summed E-state index contributed by atoms with van der Waals surface area (Å²) < 4.78 is 0. The van der Waals surface area contributed by atoms with Gasteiger partial charge in [0.2, 0.25) is 0 Å². The molecule has 17 heavy (non-hydrogen) atoms. The summed E-state index contributed by atoms with van der Waals surface area (Å²) in [5, 5.41) is 0. The summed E-state index contributed by atoms with van der Waals surface area (Å²) in [6.45, 7) is 14.8. The van der Waals surface area contributed by atoms with E-state index in [1.165, 1.54) is 17.6 Å². The highest BCUT2D eigenvalue weighted by Crippen LogP contribution is 2.25. The largest absolute Gasteiger partial charge is 0.0991 e. The lowest BCUT2D eigenvalue weighted by Gasteiger charge is -2.18. The molecule has 0 saturated carbocycles. The average molecular weight is 232 g/mol. The van der Waals surface area contributed by atoms with E-state index in [1.54, 1.807) is 0 Å². The Bertz CT molecular complexity index is 302. The van der Waals surface area contributed by atoms with Crippen LogP contribution in [-0.2, 0) is 0 Å². The first kappa shape index (κ1) is 16.0. The Labute approximate surface area is 108 Å². The molecule has 0 aliphatic carbocycles. The predicted molar refractivity (Wildman–Crippen MR) is 80.1 cm³/mol. The van der Waals surface area contributed by atoms with Gasteiger partial charge in [-0.15, -0.1) is 0 Å². The molecule has 0 nitrogen and oxygen atoms in total. The third-order valence-corrected chi connectivity index (χ3v) is 3.29. The molecule has 0 aliphatic rings. The van der Waals surface area contributed by atoms with E-state index >= 15 is 0 Å². The van der Waals surface area contributed by atoms with Crippen molar-refractivity contribution in [1.82, 2.24) is 0 Å². The summed E-state index contributed by atoms with van der Waals surface area (Å²) in [6.07, 6.45) is 13.0. The summed E-state index contributed by atoms with van der Waals surface area (Å²) >= 11 is 0. The molecule has 2 unspecified atom stereocenters. The fourth-order valence-electron chi connectivity index (χ4n) is 2.23. The van der Waals surface area contributed by atoms with Crippen LogP contribution in [0.25, 0.3) is 0 Å². The molecule has 0 fully saturated rings. The Hall–Kier alpha value is -1.04. The molecule has 0 radical (unpaired) electrons. The molecule has 96 valence electrons. The first-order valence-corrected chi connectivity index (χ1v) is 6.65. The van der Waals surface area contributed by atoms with Crippen molar-refractivity contribution in [3.05, 3.63) is 48.1 Å². The van der Waals surface area contributed by atoms with Gasteiger partial charge >= 0.3 is 0 Å². The molecule has 0 aromatic heterocycles. The van der Waals surface area contributed by atoms with E-state index in [-0.39, 0.29) is 0 Å². The van der Waals surface area contributed by atoms with Crippen LogP contribution in [0.5, 0.6) is 0 Å². The molecule has 0 heterocycles. The first-order valence-electron chi connectivity index (χ1n) is 6.65. The molecule has 0 aliphatic heterocycles. The first-order chi connectivity index (χ1) is 8.06. The SMILES string of the molecule is C=CC=CCC(C)C=C(C)C(CC)C(C)=CC. The van der Waals surface area contributed by atoms with E-state index in [0.29, 0.717) is 11.8 Å². The Morgan fingerprint density at radius 3 is 2.35 bits per heavy atom. The van der Waals surface area contributed by atoms with Gasteiger partial charge in [-0.1, -0.05) is 62.0 Å². The van der Waals surface area contributed by atoms with E-state index in [9.17, 15) is 0 Å². The second-order valence-corrected chi connectivity index (χ2v) is 4.78. The van der Waals surface area contributed by atoms with Crippen LogP contribution in [0.2, 0.25) is 0 Å². The maximum absolute atomic E-state index is 3.68. The van der Waals surface area contributed by atoms with Crippen molar-refractivity contribution in [2.45, 2.75) is 47.5 Å². The number of hydrogen-bond donors (Lipinski definition) is 0. The van der Waals surface area contributed by atoms with Crippen molar-refractivity contribution in [3.63, 3.8) is 0 Å². The van der Waals surface area contributed by atoms with Crippen LogP contribution in [-0.4, -0.2) is 0 Å². The maximum Gasteiger partial charge on any atom is -0.000125 e. The molecule has 0 saturated heterocycles. The van der Waals surface area contributed by atoms with Gasteiger partial charge in [0.1, 0.15) is 0 Å².